The van der Waals surface area contributed by atoms with Gasteiger partial charge in [0.25, 0.3) is 0 Å². The fourth-order valence-electron chi connectivity index (χ4n) is 1.45. The lowest BCUT2D eigenvalue weighted by Gasteiger charge is -1.96. The van der Waals surface area contributed by atoms with Crippen LogP contribution < -0.4 is 0 Å². The molecule has 0 radical (unpaired) electrons. The summed E-state index contributed by atoms with van der Waals surface area (Å²) in [5, 5.41) is 8.63. The molecule has 2 aromatic carbocycles. The summed E-state index contributed by atoms with van der Waals surface area (Å²) in [5.41, 5.74) is 1.46. The first-order valence-electron chi connectivity index (χ1n) is 6.11. The van der Waals surface area contributed by atoms with E-state index in [1.54, 1.807) is 24.3 Å². The zero-order valence-electron chi connectivity index (χ0n) is 10.8. The molecule has 2 heteroatoms. The molecule has 0 saturated carbocycles. The molecule has 98 valence electrons. The number of phenolic OH excluding ortho intramolecular Hbond substituents is 1. The molecule has 0 bridgehead atoms. The first-order chi connectivity index (χ1) is 8.33. The molecule has 2 aromatic rings. The molecule has 1 N–H and O–H groups in total. The van der Waals surface area contributed by atoms with Crippen molar-refractivity contribution >= 4 is 13.5 Å². The highest BCUT2D eigenvalue weighted by Crippen LogP contribution is 2.03. The minimum absolute atomic E-state index is 0. The van der Waals surface area contributed by atoms with Crippen molar-refractivity contribution in [2.45, 2.75) is 26.2 Å². The van der Waals surface area contributed by atoms with Crippen molar-refractivity contribution in [1.82, 2.24) is 0 Å². The molecule has 0 fully saturated rings. The number of phenols is 1. The molecule has 0 heterocycles. The minimum Gasteiger partial charge on any atom is -0.508 e. The van der Waals surface area contributed by atoms with E-state index in [2.05, 4.69) is 37.3 Å². The summed E-state index contributed by atoms with van der Waals surface area (Å²) in [6, 6.07) is 19.4. The highest BCUT2D eigenvalue weighted by molar-refractivity contribution is 7.59. The summed E-state index contributed by atoms with van der Waals surface area (Å²) < 4.78 is 0. The van der Waals surface area contributed by atoms with Crippen LogP contribution in [0.1, 0.15) is 25.3 Å². The van der Waals surface area contributed by atoms with Crippen LogP contribution in [0.2, 0.25) is 0 Å². The van der Waals surface area contributed by atoms with E-state index in [0.29, 0.717) is 5.75 Å². The van der Waals surface area contributed by atoms with Crippen molar-refractivity contribution in [3.63, 3.8) is 0 Å². The standard InChI is InChI=1S/C10H14.C6H6O.H2S/c1-2-3-7-10-8-5-4-6-9-10;7-6-4-2-1-3-5-6;/h4-6,8-9H,2-3,7H2,1H3;1-5,7H;1H2. The Hall–Kier alpha value is -1.41. The van der Waals surface area contributed by atoms with Crippen molar-refractivity contribution in [2.75, 3.05) is 0 Å². The van der Waals surface area contributed by atoms with Crippen LogP contribution in [-0.2, 0) is 6.42 Å². The van der Waals surface area contributed by atoms with Gasteiger partial charge in [-0.1, -0.05) is 61.9 Å². The van der Waals surface area contributed by atoms with Gasteiger partial charge in [0.05, 0.1) is 0 Å². The van der Waals surface area contributed by atoms with Crippen molar-refractivity contribution in [2.24, 2.45) is 0 Å². The molecule has 0 spiro atoms. The fraction of sp³-hybridized carbons (Fsp3) is 0.250. The molecular formula is C16H22OS. The van der Waals surface area contributed by atoms with Crippen molar-refractivity contribution in [1.29, 1.82) is 0 Å². The number of aryl methyl sites for hydroxylation is 1. The van der Waals surface area contributed by atoms with Crippen LogP contribution in [0.4, 0.5) is 0 Å². The Balaban J connectivity index is 0.000000321. The van der Waals surface area contributed by atoms with Gasteiger partial charge in [0.1, 0.15) is 5.75 Å². The number of para-hydroxylation sites is 1. The van der Waals surface area contributed by atoms with Gasteiger partial charge < -0.3 is 5.11 Å². The molecule has 0 unspecified atom stereocenters. The van der Waals surface area contributed by atoms with E-state index >= 15 is 0 Å². The number of hydrogen-bond acceptors (Lipinski definition) is 1. The highest BCUT2D eigenvalue weighted by atomic mass is 32.1. The van der Waals surface area contributed by atoms with Crippen molar-refractivity contribution in [3.8, 4) is 5.75 Å². The third-order valence-electron chi connectivity index (χ3n) is 2.42. The smallest absolute Gasteiger partial charge is 0.115 e. The summed E-state index contributed by atoms with van der Waals surface area (Å²) >= 11 is 0. The monoisotopic (exact) mass is 262 g/mol. The number of unbranched alkanes of at least 4 members (excludes halogenated alkanes) is 1. The lowest BCUT2D eigenvalue weighted by molar-refractivity contribution is 0.475. The van der Waals surface area contributed by atoms with Gasteiger partial charge in [-0.25, -0.2) is 0 Å². The first-order valence-corrected chi connectivity index (χ1v) is 6.11. The predicted octanol–water partition coefficient (Wildman–Crippen LogP) is 4.53. The lowest BCUT2D eigenvalue weighted by atomic mass is 10.1. The fourth-order valence-corrected chi connectivity index (χ4v) is 1.45. The topological polar surface area (TPSA) is 20.2 Å². The Morgan fingerprint density at radius 2 is 1.33 bits per heavy atom. The number of hydrogen-bond donors (Lipinski definition) is 1. The van der Waals surface area contributed by atoms with Crippen LogP contribution in [0.5, 0.6) is 5.75 Å². The maximum atomic E-state index is 8.63. The summed E-state index contributed by atoms with van der Waals surface area (Å²) in [4.78, 5) is 0. The number of aromatic hydroxyl groups is 1. The quantitative estimate of drug-likeness (QED) is 0.861. The van der Waals surface area contributed by atoms with Gasteiger partial charge in [-0.15, -0.1) is 0 Å². The highest BCUT2D eigenvalue weighted by Gasteiger charge is 1.87. The van der Waals surface area contributed by atoms with Crippen LogP contribution in [0.15, 0.2) is 60.7 Å². The third-order valence-corrected chi connectivity index (χ3v) is 2.42. The van der Waals surface area contributed by atoms with E-state index in [-0.39, 0.29) is 13.5 Å². The summed E-state index contributed by atoms with van der Waals surface area (Å²) in [5.74, 6) is 0.322. The van der Waals surface area contributed by atoms with Crippen molar-refractivity contribution in [3.05, 3.63) is 66.2 Å². The second-order valence-electron chi connectivity index (χ2n) is 3.92. The number of benzene rings is 2. The van der Waals surface area contributed by atoms with Gasteiger partial charge in [-0.2, -0.15) is 13.5 Å². The second kappa shape index (κ2) is 10.7. The molecule has 0 aliphatic heterocycles. The maximum absolute atomic E-state index is 8.63. The van der Waals surface area contributed by atoms with Crippen LogP contribution >= 0.6 is 13.5 Å². The maximum Gasteiger partial charge on any atom is 0.115 e. The van der Waals surface area contributed by atoms with E-state index in [1.807, 2.05) is 6.07 Å². The average molecular weight is 262 g/mol. The minimum atomic E-state index is 0. The normalized spacial score (nSPS) is 8.72. The van der Waals surface area contributed by atoms with E-state index in [4.69, 9.17) is 5.11 Å². The molecule has 1 nitrogen and oxygen atoms in total. The molecular weight excluding hydrogens is 240 g/mol. The predicted molar refractivity (Wildman–Crippen MR) is 83.5 cm³/mol. The SMILES string of the molecule is CCCCc1ccccc1.Oc1ccccc1.S. The Labute approximate surface area is 117 Å². The summed E-state index contributed by atoms with van der Waals surface area (Å²) in [6.07, 6.45) is 3.83. The second-order valence-corrected chi connectivity index (χ2v) is 3.92. The van der Waals surface area contributed by atoms with Crippen LogP contribution in [-0.4, -0.2) is 5.11 Å². The Morgan fingerprint density at radius 1 is 0.833 bits per heavy atom. The Morgan fingerprint density at radius 3 is 1.72 bits per heavy atom. The van der Waals surface area contributed by atoms with E-state index in [0.717, 1.165) is 0 Å². The molecule has 0 aliphatic rings. The van der Waals surface area contributed by atoms with Gasteiger partial charge in [0, 0.05) is 0 Å². The molecule has 2 rings (SSSR count). The third kappa shape index (κ3) is 7.80. The number of rotatable bonds is 3. The molecule has 0 aromatic heterocycles. The summed E-state index contributed by atoms with van der Waals surface area (Å²) in [6.45, 7) is 2.23. The van der Waals surface area contributed by atoms with Gasteiger partial charge in [0.15, 0.2) is 0 Å². The first kappa shape index (κ1) is 16.6. The average Bonchev–Trinajstić information content (AvgIpc) is 2.39. The van der Waals surface area contributed by atoms with E-state index in [9.17, 15) is 0 Å². The zero-order valence-corrected chi connectivity index (χ0v) is 11.8. The van der Waals surface area contributed by atoms with Crippen molar-refractivity contribution < 1.29 is 5.11 Å². The van der Waals surface area contributed by atoms with Gasteiger partial charge >= 0.3 is 0 Å². The lowest BCUT2D eigenvalue weighted by Crippen LogP contribution is -1.81. The van der Waals surface area contributed by atoms with Crippen LogP contribution in [0.3, 0.4) is 0 Å². The summed E-state index contributed by atoms with van der Waals surface area (Å²) in [7, 11) is 0. The van der Waals surface area contributed by atoms with Crippen LogP contribution in [0.25, 0.3) is 0 Å². The van der Waals surface area contributed by atoms with Gasteiger partial charge in [0.2, 0.25) is 0 Å². The van der Waals surface area contributed by atoms with E-state index in [1.165, 1.54) is 24.8 Å². The van der Waals surface area contributed by atoms with Gasteiger partial charge in [-0.05, 0) is 30.5 Å². The van der Waals surface area contributed by atoms with Gasteiger partial charge in [-0.3, -0.25) is 0 Å². The Kier molecular flexibility index (Phi) is 9.89. The Bertz CT molecular complexity index is 386. The molecule has 0 saturated heterocycles. The molecule has 0 atom stereocenters. The largest absolute Gasteiger partial charge is 0.508 e. The van der Waals surface area contributed by atoms with E-state index < -0.39 is 0 Å². The van der Waals surface area contributed by atoms with Crippen LogP contribution in [0, 0.1) is 0 Å². The molecule has 0 amide bonds. The molecule has 0 aliphatic carbocycles. The zero-order chi connectivity index (χ0) is 12.3. The molecule has 18 heavy (non-hydrogen) atoms.